The van der Waals surface area contributed by atoms with Crippen molar-refractivity contribution in [3.63, 3.8) is 0 Å². The highest BCUT2D eigenvalue weighted by Crippen LogP contribution is 2.47. The van der Waals surface area contributed by atoms with Gasteiger partial charge in [0.05, 0.1) is 5.92 Å². The third-order valence-corrected chi connectivity index (χ3v) is 3.30. The van der Waals surface area contributed by atoms with Crippen molar-refractivity contribution in [2.75, 3.05) is 0 Å². The normalized spacial score (nSPS) is 48.1. The Morgan fingerprint density at radius 1 is 1.45 bits per heavy atom. The van der Waals surface area contributed by atoms with Gasteiger partial charge >= 0.3 is 5.97 Å². The summed E-state index contributed by atoms with van der Waals surface area (Å²) in [7, 11) is 0. The first-order valence-corrected chi connectivity index (χ1v) is 4.18. The molecule has 3 nitrogen and oxygen atoms in total. The molecule has 0 aliphatic heterocycles. The minimum atomic E-state index is -0.646. The number of aliphatic carboxylic acids is 1. The fourth-order valence-electron chi connectivity index (χ4n) is 2.67. The third kappa shape index (κ3) is 0.872. The zero-order chi connectivity index (χ0) is 8.01. The van der Waals surface area contributed by atoms with Crippen LogP contribution in [0.4, 0.5) is 0 Å². The van der Waals surface area contributed by atoms with E-state index in [9.17, 15) is 4.79 Å². The van der Waals surface area contributed by atoms with Gasteiger partial charge in [-0.15, -0.1) is 0 Å². The lowest BCUT2D eigenvalue weighted by Crippen LogP contribution is -2.28. The summed E-state index contributed by atoms with van der Waals surface area (Å²) in [5.74, 6) is -0.00463. The first-order chi connectivity index (χ1) is 5.20. The summed E-state index contributed by atoms with van der Waals surface area (Å²) in [4.78, 5) is 10.7. The van der Waals surface area contributed by atoms with Crippen molar-refractivity contribution in [2.45, 2.75) is 25.3 Å². The number of carbonyl (C=O) groups is 1. The lowest BCUT2D eigenvalue weighted by atomic mass is 9.89. The van der Waals surface area contributed by atoms with Gasteiger partial charge in [0.2, 0.25) is 0 Å². The molecule has 4 atom stereocenters. The Bertz CT molecular complexity index is 193. The van der Waals surface area contributed by atoms with Crippen LogP contribution in [0.3, 0.4) is 0 Å². The highest BCUT2D eigenvalue weighted by Gasteiger charge is 2.48. The molecule has 62 valence electrons. The van der Waals surface area contributed by atoms with Crippen molar-refractivity contribution < 1.29 is 9.90 Å². The predicted octanol–water partition coefficient (Wildman–Crippen LogP) is 0.444. The van der Waals surface area contributed by atoms with Crippen molar-refractivity contribution in [3.8, 4) is 0 Å². The number of carboxylic acid groups (broad SMARTS) is 1. The van der Waals surface area contributed by atoms with Gasteiger partial charge in [0.1, 0.15) is 0 Å². The zero-order valence-corrected chi connectivity index (χ0v) is 6.36. The molecular weight excluding hydrogens is 142 g/mol. The van der Waals surface area contributed by atoms with Gasteiger partial charge in [-0.3, -0.25) is 4.79 Å². The minimum absolute atomic E-state index is 0.135. The zero-order valence-electron chi connectivity index (χ0n) is 6.36. The van der Waals surface area contributed by atoms with Crippen molar-refractivity contribution in [2.24, 2.45) is 23.5 Å². The fraction of sp³-hybridized carbons (Fsp3) is 0.875. The number of nitrogens with two attached hydrogens (primary N) is 1. The Labute approximate surface area is 65.6 Å². The Morgan fingerprint density at radius 3 is 2.45 bits per heavy atom. The maximum Gasteiger partial charge on any atom is 0.306 e. The largest absolute Gasteiger partial charge is 0.481 e. The molecule has 0 radical (unpaired) electrons. The van der Waals surface area contributed by atoms with Crippen LogP contribution in [0.15, 0.2) is 0 Å². The molecule has 2 bridgehead atoms. The molecule has 0 spiro atoms. The first kappa shape index (κ1) is 7.10. The highest BCUT2D eigenvalue weighted by molar-refractivity contribution is 5.71. The van der Waals surface area contributed by atoms with Gasteiger partial charge in [0, 0.05) is 6.04 Å². The number of rotatable bonds is 1. The van der Waals surface area contributed by atoms with Crippen LogP contribution in [0.2, 0.25) is 0 Å². The molecule has 2 saturated carbocycles. The molecule has 11 heavy (non-hydrogen) atoms. The molecule has 2 rings (SSSR count). The van der Waals surface area contributed by atoms with Gasteiger partial charge in [-0.25, -0.2) is 0 Å². The van der Waals surface area contributed by atoms with Crippen LogP contribution in [-0.2, 0) is 4.79 Å². The summed E-state index contributed by atoms with van der Waals surface area (Å²) in [6.45, 7) is 0. The lowest BCUT2D eigenvalue weighted by molar-refractivity contribution is -0.143. The molecule has 0 unspecified atom stereocenters. The van der Waals surface area contributed by atoms with E-state index in [4.69, 9.17) is 10.8 Å². The second kappa shape index (κ2) is 2.21. The van der Waals surface area contributed by atoms with E-state index in [0.29, 0.717) is 5.92 Å². The monoisotopic (exact) mass is 155 g/mol. The number of hydrogen-bond acceptors (Lipinski definition) is 2. The van der Waals surface area contributed by atoms with Gasteiger partial charge in [-0.1, -0.05) is 0 Å². The van der Waals surface area contributed by atoms with E-state index in [0.717, 1.165) is 19.3 Å². The number of fused-ring (bicyclic) bond motifs is 2. The Hall–Kier alpha value is -0.570. The fourth-order valence-corrected chi connectivity index (χ4v) is 2.67. The maximum atomic E-state index is 10.7. The summed E-state index contributed by atoms with van der Waals surface area (Å²) in [6, 6.07) is 0.177. The average molecular weight is 155 g/mol. The van der Waals surface area contributed by atoms with Crippen LogP contribution < -0.4 is 5.73 Å². The molecule has 0 aromatic rings. The molecule has 0 saturated heterocycles. The molecule has 2 fully saturated rings. The second-order valence-corrected chi connectivity index (χ2v) is 3.76. The summed E-state index contributed by atoms with van der Waals surface area (Å²) < 4.78 is 0. The van der Waals surface area contributed by atoms with Crippen molar-refractivity contribution in [1.29, 1.82) is 0 Å². The van der Waals surface area contributed by atoms with Gasteiger partial charge in [0.15, 0.2) is 0 Å². The molecule has 3 heteroatoms. The van der Waals surface area contributed by atoms with Gasteiger partial charge in [-0.2, -0.15) is 0 Å². The van der Waals surface area contributed by atoms with Gasteiger partial charge in [0.25, 0.3) is 0 Å². The molecule has 0 heterocycles. The summed E-state index contributed by atoms with van der Waals surface area (Å²) in [6.07, 6.45) is 3.00. The van der Waals surface area contributed by atoms with E-state index in [-0.39, 0.29) is 17.9 Å². The average Bonchev–Trinajstić information content (AvgIpc) is 2.46. The molecule has 0 amide bonds. The lowest BCUT2D eigenvalue weighted by Gasteiger charge is -2.16. The summed E-state index contributed by atoms with van der Waals surface area (Å²) in [5.41, 5.74) is 5.85. The van der Waals surface area contributed by atoms with Crippen LogP contribution >= 0.6 is 0 Å². The topological polar surface area (TPSA) is 63.3 Å². The predicted molar refractivity (Wildman–Crippen MR) is 39.9 cm³/mol. The standard InChI is InChI=1S/C8H13NO2/c9-7-4-1-2-5(7)6(3-4)8(10)11/h4-7H,1-3,9H2,(H,10,11)/t4-,5+,6+,7+/m1/s1. The minimum Gasteiger partial charge on any atom is -0.481 e. The van der Waals surface area contributed by atoms with E-state index in [1.54, 1.807) is 0 Å². The number of hydrogen-bond donors (Lipinski definition) is 2. The molecule has 2 aliphatic carbocycles. The van der Waals surface area contributed by atoms with Crippen molar-refractivity contribution >= 4 is 5.97 Å². The van der Waals surface area contributed by atoms with E-state index < -0.39 is 5.97 Å². The second-order valence-electron chi connectivity index (χ2n) is 3.76. The summed E-state index contributed by atoms with van der Waals surface area (Å²) in [5, 5.41) is 8.80. The Morgan fingerprint density at radius 2 is 2.18 bits per heavy atom. The summed E-state index contributed by atoms with van der Waals surface area (Å²) >= 11 is 0. The van der Waals surface area contributed by atoms with Gasteiger partial charge < -0.3 is 10.8 Å². The van der Waals surface area contributed by atoms with Crippen LogP contribution in [-0.4, -0.2) is 17.1 Å². The van der Waals surface area contributed by atoms with Crippen LogP contribution in [0.5, 0.6) is 0 Å². The quantitative estimate of drug-likeness (QED) is 0.577. The molecular formula is C8H13NO2. The van der Waals surface area contributed by atoms with E-state index in [2.05, 4.69) is 0 Å². The van der Waals surface area contributed by atoms with E-state index in [1.807, 2.05) is 0 Å². The van der Waals surface area contributed by atoms with E-state index in [1.165, 1.54) is 0 Å². The van der Waals surface area contributed by atoms with E-state index >= 15 is 0 Å². The van der Waals surface area contributed by atoms with Crippen LogP contribution in [0.25, 0.3) is 0 Å². The SMILES string of the molecule is N[C@H]1[C@@H]2CC[C@H]1[C@@H](C(=O)O)C2. The Balaban J connectivity index is 2.14. The van der Waals surface area contributed by atoms with Gasteiger partial charge in [-0.05, 0) is 31.1 Å². The van der Waals surface area contributed by atoms with Crippen LogP contribution in [0, 0.1) is 17.8 Å². The Kier molecular flexibility index (Phi) is 1.42. The van der Waals surface area contributed by atoms with Crippen LogP contribution in [0.1, 0.15) is 19.3 Å². The third-order valence-electron chi connectivity index (χ3n) is 3.30. The first-order valence-electron chi connectivity index (χ1n) is 4.18. The van der Waals surface area contributed by atoms with Crippen molar-refractivity contribution in [3.05, 3.63) is 0 Å². The maximum absolute atomic E-state index is 10.7. The molecule has 2 aliphatic rings. The smallest absolute Gasteiger partial charge is 0.306 e. The molecule has 3 N–H and O–H groups in total. The highest BCUT2D eigenvalue weighted by atomic mass is 16.4. The van der Waals surface area contributed by atoms with Crippen molar-refractivity contribution in [1.82, 2.24) is 0 Å². The number of carboxylic acids is 1. The molecule has 0 aromatic carbocycles. The molecule has 0 aromatic heterocycles.